The third-order valence-electron chi connectivity index (χ3n) is 3.85. The van der Waals surface area contributed by atoms with Crippen LogP contribution in [0.5, 0.6) is 5.88 Å². The summed E-state index contributed by atoms with van der Waals surface area (Å²) in [7, 11) is 6.43. The Morgan fingerprint density at radius 3 is 2.85 bits per heavy atom. The summed E-state index contributed by atoms with van der Waals surface area (Å²) in [6.45, 7) is 1.55. The number of nitrogens with zero attached hydrogens (tertiary/aromatic N) is 3. The highest BCUT2D eigenvalue weighted by atomic mass is 16.5. The molecule has 2 aromatic rings. The summed E-state index contributed by atoms with van der Waals surface area (Å²) in [5.41, 5.74) is 10.5. The predicted molar refractivity (Wildman–Crippen MR) is 80.0 cm³/mol. The number of anilines is 1. The lowest BCUT2D eigenvalue weighted by atomic mass is 10.2. The molecule has 0 bridgehead atoms. The van der Waals surface area contributed by atoms with Crippen molar-refractivity contribution in [3.8, 4) is 5.88 Å². The topological polar surface area (TPSA) is 52.5 Å². The maximum Gasteiger partial charge on any atom is 0.257 e. The van der Waals surface area contributed by atoms with Gasteiger partial charge in [-0.3, -0.25) is 0 Å². The summed E-state index contributed by atoms with van der Waals surface area (Å²) in [6.07, 6.45) is 3.42. The van der Waals surface area contributed by atoms with Gasteiger partial charge in [0.05, 0.1) is 26.7 Å². The summed E-state index contributed by atoms with van der Waals surface area (Å²) in [4.78, 5) is 0. The summed E-state index contributed by atoms with van der Waals surface area (Å²) < 4.78 is 8.62. The van der Waals surface area contributed by atoms with Crippen LogP contribution >= 0.6 is 0 Å². The number of hydrogen-bond acceptors (Lipinski definition) is 3. The van der Waals surface area contributed by atoms with Crippen molar-refractivity contribution in [2.75, 3.05) is 40.0 Å². The molecule has 0 saturated carbocycles. The van der Waals surface area contributed by atoms with Gasteiger partial charge in [-0.2, -0.15) is 0 Å². The van der Waals surface area contributed by atoms with Crippen LogP contribution in [0, 0.1) is 0 Å². The van der Waals surface area contributed by atoms with Gasteiger partial charge in [-0.1, -0.05) is 6.07 Å². The molecule has 5 nitrogen and oxygen atoms in total. The van der Waals surface area contributed by atoms with Crippen LogP contribution in [0.3, 0.4) is 0 Å². The quantitative estimate of drug-likeness (QED) is 0.860. The third-order valence-corrected chi connectivity index (χ3v) is 3.85. The van der Waals surface area contributed by atoms with Crippen LogP contribution < -0.4 is 10.5 Å². The number of likely N-dealkylation sites (N-methyl/N-ethyl adjacent to an activating group) is 1. The number of quaternary nitrogens is 1. The zero-order valence-electron chi connectivity index (χ0n) is 12.5. The van der Waals surface area contributed by atoms with Gasteiger partial charge in [0.25, 0.3) is 5.88 Å². The largest absolute Gasteiger partial charge is 0.469 e. The first-order valence-corrected chi connectivity index (χ1v) is 7.18. The van der Waals surface area contributed by atoms with E-state index in [2.05, 4.69) is 38.4 Å². The Balaban J connectivity index is 1.87. The Labute approximate surface area is 119 Å². The molecule has 2 heterocycles. The highest BCUT2D eigenvalue weighted by Gasteiger charge is 2.19. The molecule has 3 rings (SSSR count). The number of aryl methyl sites for hydroxylation is 2. The summed E-state index contributed by atoms with van der Waals surface area (Å²) in [5, 5.41) is 4.57. The van der Waals surface area contributed by atoms with E-state index in [4.69, 9.17) is 10.5 Å². The predicted octanol–water partition coefficient (Wildman–Crippen LogP) is 1.49. The van der Waals surface area contributed by atoms with Crippen molar-refractivity contribution in [2.45, 2.75) is 19.3 Å². The van der Waals surface area contributed by atoms with E-state index in [-0.39, 0.29) is 0 Å². The van der Waals surface area contributed by atoms with E-state index in [1.54, 1.807) is 0 Å². The van der Waals surface area contributed by atoms with Crippen molar-refractivity contribution >= 4 is 11.2 Å². The fraction of sp³-hybridized carbons (Fsp3) is 0.533. The van der Waals surface area contributed by atoms with Gasteiger partial charge in [-0.25, -0.2) is 4.52 Å². The fourth-order valence-electron chi connectivity index (χ4n) is 2.66. The van der Waals surface area contributed by atoms with E-state index < -0.39 is 0 Å². The van der Waals surface area contributed by atoms with Crippen molar-refractivity contribution < 1.29 is 9.22 Å². The highest BCUT2D eigenvalue weighted by Crippen LogP contribution is 2.30. The van der Waals surface area contributed by atoms with E-state index in [9.17, 15) is 0 Å². The minimum Gasteiger partial charge on any atom is -0.469 e. The Morgan fingerprint density at radius 2 is 2.10 bits per heavy atom. The van der Waals surface area contributed by atoms with Crippen molar-refractivity contribution in [2.24, 2.45) is 0 Å². The monoisotopic (exact) mass is 275 g/mol. The second-order valence-corrected chi connectivity index (χ2v) is 6.54. The number of aromatic nitrogens is 2. The van der Waals surface area contributed by atoms with Crippen LogP contribution in [0.25, 0.3) is 5.52 Å². The molecule has 0 aromatic carbocycles. The van der Waals surface area contributed by atoms with Crippen molar-refractivity contribution in [1.29, 1.82) is 0 Å². The van der Waals surface area contributed by atoms with E-state index in [0.29, 0.717) is 18.2 Å². The molecule has 0 spiro atoms. The fourth-order valence-corrected chi connectivity index (χ4v) is 2.66. The maximum atomic E-state index is 6.17. The van der Waals surface area contributed by atoms with Gasteiger partial charge in [0.1, 0.15) is 18.8 Å². The summed E-state index contributed by atoms with van der Waals surface area (Å²) in [5.74, 6) is 0.568. The second-order valence-electron chi connectivity index (χ2n) is 6.54. The van der Waals surface area contributed by atoms with E-state index in [1.165, 1.54) is 17.7 Å². The van der Waals surface area contributed by atoms with Gasteiger partial charge < -0.3 is 15.0 Å². The van der Waals surface area contributed by atoms with Crippen molar-refractivity contribution in [3.05, 3.63) is 23.4 Å². The summed E-state index contributed by atoms with van der Waals surface area (Å²) >= 11 is 0. The van der Waals surface area contributed by atoms with Gasteiger partial charge in [0.2, 0.25) is 0 Å². The van der Waals surface area contributed by atoms with Crippen molar-refractivity contribution in [1.82, 2.24) is 9.61 Å². The molecule has 2 aromatic heterocycles. The van der Waals surface area contributed by atoms with Crippen LogP contribution in [-0.2, 0) is 12.8 Å². The van der Waals surface area contributed by atoms with Gasteiger partial charge in [-0.05, 0) is 30.9 Å². The summed E-state index contributed by atoms with van der Waals surface area (Å²) in [6, 6.07) is 4.23. The van der Waals surface area contributed by atoms with Crippen LogP contribution in [0.2, 0.25) is 0 Å². The Bertz CT molecular complexity index is 639. The maximum absolute atomic E-state index is 6.17. The molecule has 5 heteroatoms. The van der Waals surface area contributed by atoms with Gasteiger partial charge in [0.15, 0.2) is 0 Å². The van der Waals surface area contributed by atoms with Gasteiger partial charge >= 0.3 is 0 Å². The molecule has 1 aliphatic carbocycles. The molecular formula is C15H23N4O+. The average Bonchev–Trinajstić information content (AvgIpc) is 2.93. The van der Waals surface area contributed by atoms with Crippen LogP contribution in [0.4, 0.5) is 5.69 Å². The molecule has 2 N–H and O–H groups in total. The number of nitrogens with two attached hydrogens (primary N) is 1. The lowest BCUT2D eigenvalue weighted by Gasteiger charge is -2.23. The highest BCUT2D eigenvalue weighted by molar-refractivity contribution is 5.75. The van der Waals surface area contributed by atoms with Crippen LogP contribution in [-0.4, -0.2) is 48.4 Å². The van der Waals surface area contributed by atoms with E-state index in [1.807, 2.05) is 4.52 Å². The molecule has 0 fully saturated rings. The lowest BCUT2D eigenvalue weighted by molar-refractivity contribution is -0.870. The lowest BCUT2D eigenvalue weighted by Crippen LogP contribution is -2.38. The first kappa shape index (κ1) is 13.2. The van der Waals surface area contributed by atoms with Gasteiger partial charge in [-0.15, -0.1) is 5.10 Å². The van der Waals surface area contributed by atoms with Crippen molar-refractivity contribution in [3.63, 3.8) is 0 Å². The van der Waals surface area contributed by atoms with Crippen LogP contribution in [0.15, 0.2) is 12.1 Å². The molecule has 0 aliphatic heterocycles. The molecule has 20 heavy (non-hydrogen) atoms. The number of nitrogen functional groups attached to an aromatic ring is 1. The smallest absolute Gasteiger partial charge is 0.257 e. The zero-order valence-corrected chi connectivity index (χ0v) is 12.5. The molecular weight excluding hydrogens is 252 g/mol. The number of hydrogen-bond donors (Lipinski definition) is 1. The molecule has 1 aliphatic rings. The Kier molecular flexibility index (Phi) is 3.09. The first-order chi connectivity index (χ1) is 9.46. The molecule has 0 radical (unpaired) electrons. The average molecular weight is 275 g/mol. The third kappa shape index (κ3) is 2.33. The SMILES string of the molecule is C[N+](C)(C)CCOc1nn2c3c(ccc2c1N)CCC3. The zero-order chi connectivity index (χ0) is 14.3. The van der Waals surface area contributed by atoms with E-state index >= 15 is 0 Å². The number of pyridine rings is 1. The first-order valence-electron chi connectivity index (χ1n) is 7.18. The molecule has 0 saturated heterocycles. The Hall–Kier alpha value is -1.75. The number of fused-ring (bicyclic) bond motifs is 3. The minimum atomic E-state index is 0.568. The standard InChI is InChI=1S/C15H23N4O/c1-19(2,3)9-10-20-15-14(16)13-8-7-11-5-4-6-12(11)18(13)17-15/h7-8H,4-6,9-10,16H2,1-3H3/q+1. The molecule has 0 unspecified atom stereocenters. The normalized spacial score (nSPS) is 14.8. The van der Waals surface area contributed by atoms with Gasteiger partial charge in [0, 0.05) is 5.69 Å². The second kappa shape index (κ2) is 4.66. The minimum absolute atomic E-state index is 0.568. The molecule has 0 atom stereocenters. The number of ether oxygens (including phenoxy) is 1. The Morgan fingerprint density at radius 1 is 1.30 bits per heavy atom. The van der Waals surface area contributed by atoms with E-state index in [0.717, 1.165) is 29.4 Å². The number of rotatable bonds is 4. The molecule has 0 amide bonds. The van der Waals surface area contributed by atoms with Crippen LogP contribution in [0.1, 0.15) is 17.7 Å². The molecule has 108 valence electrons.